The Bertz CT molecular complexity index is 224. The van der Waals surface area contributed by atoms with Crippen LogP contribution in [-0.4, -0.2) is 44.2 Å². The van der Waals surface area contributed by atoms with Crippen LogP contribution in [0.25, 0.3) is 0 Å². The Hall–Kier alpha value is -0.0600. The van der Waals surface area contributed by atoms with Crippen LogP contribution >= 0.6 is 7.26 Å². The summed E-state index contributed by atoms with van der Waals surface area (Å²) in [6, 6.07) is 0. The van der Waals surface area contributed by atoms with Gasteiger partial charge in [0.25, 0.3) is 0 Å². The topological polar surface area (TPSA) is 0 Å². The van der Waals surface area contributed by atoms with Crippen LogP contribution < -0.4 is 0 Å². The molecule has 0 aromatic heterocycles. The summed E-state index contributed by atoms with van der Waals surface area (Å²) >= 11 is 0. The van der Waals surface area contributed by atoms with Crippen LogP contribution in [0.2, 0.25) is 0 Å². The van der Waals surface area contributed by atoms with E-state index in [-0.39, 0.29) is 0 Å². The molecule has 8 heteroatoms. The number of hydrogen-bond donors (Lipinski definition) is 0. The molecule has 0 amide bonds. The molecule has 0 aromatic carbocycles. The molecule has 0 fully saturated rings. The van der Waals surface area contributed by atoms with Crippen LogP contribution in [-0.2, 0) is 0 Å². The highest BCUT2D eigenvalue weighted by molar-refractivity contribution is 7.73. The minimum Gasteiger partial charge on any atom is -0.195 e. The standard InChI is InChI=1S/C7H11F7P/c1-15(2,3)4-5(8,9)6(10,11)7(12,13)14/h4H2,1-3H3/q+1. The zero-order chi connectivity index (χ0) is 12.7. The molecule has 0 saturated heterocycles. The number of hydrogen-bond acceptors (Lipinski definition) is 0. The summed E-state index contributed by atoms with van der Waals surface area (Å²) in [5.74, 6) is -11.0. The van der Waals surface area contributed by atoms with Crippen LogP contribution in [0.4, 0.5) is 30.7 Å². The highest BCUT2D eigenvalue weighted by atomic mass is 31.2. The van der Waals surface area contributed by atoms with E-state index in [1.165, 1.54) is 20.0 Å². The fourth-order valence-electron chi connectivity index (χ4n) is 0.902. The Morgan fingerprint density at radius 3 is 1.33 bits per heavy atom. The van der Waals surface area contributed by atoms with E-state index in [2.05, 4.69) is 0 Å². The SMILES string of the molecule is C[P+](C)(C)CC(F)(F)C(F)(F)C(F)(F)F. The maximum absolute atomic E-state index is 12.8. The molecule has 0 aliphatic carbocycles. The second-order valence-electron chi connectivity index (χ2n) is 4.23. The van der Waals surface area contributed by atoms with Crippen LogP contribution in [0, 0.1) is 0 Å². The van der Waals surface area contributed by atoms with E-state index in [0.29, 0.717) is 0 Å². The average Bonchev–Trinajstić information content (AvgIpc) is 1.77. The summed E-state index contributed by atoms with van der Waals surface area (Å²) in [6.45, 7) is 3.81. The van der Waals surface area contributed by atoms with Crippen LogP contribution in [0.3, 0.4) is 0 Å². The molecule has 0 aromatic rings. The fourth-order valence-corrected chi connectivity index (χ4v) is 2.29. The van der Waals surface area contributed by atoms with E-state index >= 15 is 0 Å². The van der Waals surface area contributed by atoms with Gasteiger partial charge in [-0.05, 0) is 0 Å². The van der Waals surface area contributed by atoms with Gasteiger partial charge in [-0.25, -0.2) is 0 Å². The first-order valence-electron chi connectivity index (χ1n) is 3.83. The number of rotatable bonds is 3. The van der Waals surface area contributed by atoms with Crippen molar-refractivity contribution >= 4 is 7.26 Å². The van der Waals surface area contributed by atoms with E-state index in [4.69, 9.17) is 0 Å². The Morgan fingerprint density at radius 1 is 0.800 bits per heavy atom. The largest absolute Gasteiger partial charge is 0.460 e. The Labute approximate surface area is 83.2 Å². The highest BCUT2D eigenvalue weighted by Crippen LogP contribution is 2.56. The van der Waals surface area contributed by atoms with Crippen molar-refractivity contribution in [3.8, 4) is 0 Å². The van der Waals surface area contributed by atoms with Gasteiger partial charge in [0.05, 0.1) is 0 Å². The molecule has 15 heavy (non-hydrogen) atoms. The van der Waals surface area contributed by atoms with Crippen LogP contribution in [0.5, 0.6) is 0 Å². The summed E-state index contributed by atoms with van der Waals surface area (Å²) in [4.78, 5) is 0. The zero-order valence-corrected chi connectivity index (χ0v) is 9.19. The third-order valence-corrected chi connectivity index (χ3v) is 2.83. The summed E-state index contributed by atoms with van der Waals surface area (Å²) in [5.41, 5.74) is 0. The van der Waals surface area contributed by atoms with Gasteiger partial charge < -0.3 is 0 Å². The molecule has 0 saturated carbocycles. The maximum atomic E-state index is 12.8. The Morgan fingerprint density at radius 2 is 1.13 bits per heavy atom. The van der Waals surface area contributed by atoms with Crippen molar-refractivity contribution < 1.29 is 30.7 Å². The van der Waals surface area contributed by atoms with Crippen molar-refractivity contribution in [1.29, 1.82) is 0 Å². The molecular weight excluding hydrogens is 248 g/mol. The lowest BCUT2D eigenvalue weighted by molar-refractivity contribution is -0.348. The molecule has 0 nitrogen and oxygen atoms in total. The Balaban J connectivity index is 5.03. The normalized spacial score (nSPS) is 15.6. The molecule has 0 heterocycles. The smallest absolute Gasteiger partial charge is 0.195 e. The molecule has 0 atom stereocenters. The highest BCUT2D eigenvalue weighted by Gasteiger charge is 2.74. The fraction of sp³-hybridized carbons (Fsp3) is 1.00. The molecule has 0 rings (SSSR count). The molecule has 0 spiro atoms. The van der Waals surface area contributed by atoms with Crippen molar-refractivity contribution in [2.24, 2.45) is 0 Å². The van der Waals surface area contributed by atoms with Gasteiger partial charge in [-0.2, -0.15) is 30.7 Å². The summed E-state index contributed by atoms with van der Waals surface area (Å²) < 4.78 is 85.3. The number of alkyl halides is 7. The predicted octanol–water partition coefficient (Wildman–Crippen LogP) is 3.73. The minimum atomic E-state index is -6.22. The van der Waals surface area contributed by atoms with E-state index < -0.39 is 31.4 Å². The molecule has 0 radical (unpaired) electrons. The third-order valence-electron chi connectivity index (χ3n) is 1.49. The van der Waals surface area contributed by atoms with Crippen molar-refractivity contribution in [2.45, 2.75) is 18.0 Å². The molecule has 0 aliphatic rings. The van der Waals surface area contributed by atoms with Crippen molar-refractivity contribution in [3.05, 3.63) is 0 Å². The van der Waals surface area contributed by atoms with Gasteiger partial charge in [0.15, 0.2) is 0 Å². The Kier molecular flexibility index (Phi) is 3.74. The lowest BCUT2D eigenvalue weighted by atomic mass is 10.2. The predicted molar refractivity (Wildman–Crippen MR) is 45.5 cm³/mol. The minimum absolute atomic E-state index is 1.27. The van der Waals surface area contributed by atoms with Gasteiger partial charge in [0, 0.05) is 27.3 Å². The first-order valence-corrected chi connectivity index (χ1v) is 7.15. The van der Waals surface area contributed by atoms with Gasteiger partial charge in [-0.3, -0.25) is 0 Å². The van der Waals surface area contributed by atoms with Gasteiger partial charge in [-0.15, -0.1) is 0 Å². The molecular formula is C7H11F7P+. The van der Waals surface area contributed by atoms with Crippen molar-refractivity contribution in [3.63, 3.8) is 0 Å². The monoisotopic (exact) mass is 259 g/mol. The summed E-state index contributed by atoms with van der Waals surface area (Å²) in [5, 5.41) is 0. The first-order chi connectivity index (χ1) is 6.21. The van der Waals surface area contributed by atoms with Crippen molar-refractivity contribution in [2.75, 3.05) is 26.2 Å². The average molecular weight is 259 g/mol. The molecule has 0 bridgehead atoms. The number of halogens is 7. The first kappa shape index (κ1) is 14.9. The lowest BCUT2D eigenvalue weighted by Gasteiger charge is -2.29. The quantitative estimate of drug-likeness (QED) is 0.535. The van der Waals surface area contributed by atoms with E-state index in [0.717, 1.165) is 0 Å². The second kappa shape index (κ2) is 3.75. The summed E-state index contributed by atoms with van der Waals surface area (Å²) in [6.07, 6.45) is -7.64. The second-order valence-corrected chi connectivity index (χ2v) is 9.12. The van der Waals surface area contributed by atoms with E-state index in [9.17, 15) is 30.7 Å². The third kappa shape index (κ3) is 3.47. The van der Waals surface area contributed by atoms with Crippen LogP contribution in [0.15, 0.2) is 0 Å². The molecule has 0 aliphatic heterocycles. The zero-order valence-electron chi connectivity index (χ0n) is 8.30. The van der Waals surface area contributed by atoms with E-state index in [1.807, 2.05) is 0 Å². The summed E-state index contributed by atoms with van der Waals surface area (Å²) in [7, 11) is -2.43. The molecule has 92 valence electrons. The molecule has 0 unspecified atom stereocenters. The van der Waals surface area contributed by atoms with Gasteiger partial charge in [0.1, 0.15) is 6.16 Å². The molecule has 0 N–H and O–H groups in total. The van der Waals surface area contributed by atoms with Gasteiger partial charge in [-0.1, -0.05) is 0 Å². The maximum Gasteiger partial charge on any atom is 0.460 e. The van der Waals surface area contributed by atoms with Gasteiger partial charge >= 0.3 is 18.0 Å². The van der Waals surface area contributed by atoms with Crippen LogP contribution in [0.1, 0.15) is 0 Å². The van der Waals surface area contributed by atoms with Crippen molar-refractivity contribution in [1.82, 2.24) is 0 Å². The van der Waals surface area contributed by atoms with Gasteiger partial charge in [0.2, 0.25) is 0 Å². The lowest BCUT2D eigenvalue weighted by Crippen LogP contribution is -2.53. The van der Waals surface area contributed by atoms with E-state index in [1.54, 1.807) is 0 Å².